The van der Waals surface area contributed by atoms with Gasteiger partial charge in [-0.1, -0.05) is 6.07 Å². The molecule has 0 fully saturated rings. The molecule has 0 saturated carbocycles. The molecular weight excluding hydrogens is 250 g/mol. The highest BCUT2D eigenvalue weighted by atomic mass is 16.5. The van der Waals surface area contributed by atoms with E-state index in [1.165, 1.54) is 13.2 Å². The number of nitrogens with zero attached hydrogens (tertiary/aromatic N) is 1. The molecule has 7 nitrogen and oxygen atoms in total. The van der Waals surface area contributed by atoms with Crippen molar-refractivity contribution >= 4 is 17.7 Å². The van der Waals surface area contributed by atoms with Gasteiger partial charge in [-0.05, 0) is 18.2 Å². The number of carboxylic acids is 1. The highest BCUT2D eigenvalue weighted by molar-refractivity contribution is 5.89. The number of amides is 2. The standard InChI is InChI=1S/C12H13N3O4/c1-19-10(11(16)17)7-14-12(18)15-9-4-2-3-8(5-9)6-13/h2-5,10H,7H2,1H3,(H,16,17)(H2,14,15,18). The molecule has 0 aliphatic carbocycles. The molecule has 1 rings (SSSR count). The minimum absolute atomic E-state index is 0.157. The Morgan fingerprint density at radius 3 is 2.84 bits per heavy atom. The number of rotatable bonds is 5. The van der Waals surface area contributed by atoms with E-state index in [2.05, 4.69) is 15.4 Å². The zero-order chi connectivity index (χ0) is 14.3. The van der Waals surface area contributed by atoms with E-state index < -0.39 is 18.1 Å². The van der Waals surface area contributed by atoms with E-state index in [4.69, 9.17) is 10.4 Å². The number of urea groups is 1. The van der Waals surface area contributed by atoms with Crippen molar-refractivity contribution in [1.82, 2.24) is 5.32 Å². The molecule has 7 heteroatoms. The number of aliphatic carboxylic acids is 1. The van der Waals surface area contributed by atoms with E-state index in [1.54, 1.807) is 18.2 Å². The molecule has 100 valence electrons. The van der Waals surface area contributed by atoms with Gasteiger partial charge >= 0.3 is 12.0 Å². The van der Waals surface area contributed by atoms with Crippen LogP contribution < -0.4 is 10.6 Å². The van der Waals surface area contributed by atoms with E-state index in [0.29, 0.717) is 11.3 Å². The van der Waals surface area contributed by atoms with Crippen molar-refractivity contribution in [3.8, 4) is 6.07 Å². The van der Waals surface area contributed by atoms with Gasteiger partial charge in [-0.25, -0.2) is 9.59 Å². The summed E-state index contributed by atoms with van der Waals surface area (Å²) in [5.74, 6) is -1.16. The van der Waals surface area contributed by atoms with Gasteiger partial charge in [0, 0.05) is 12.8 Å². The molecule has 0 aliphatic heterocycles. The summed E-state index contributed by atoms with van der Waals surface area (Å²) in [5.41, 5.74) is 0.860. The molecule has 19 heavy (non-hydrogen) atoms. The number of nitrogens with one attached hydrogen (secondary N) is 2. The Morgan fingerprint density at radius 2 is 2.26 bits per heavy atom. The first-order chi connectivity index (χ1) is 9.06. The van der Waals surface area contributed by atoms with Crippen LogP contribution in [0.3, 0.4) is 0 Å². The lowest BCUT2D eigenvalue weighted by Gasteiger charge is -2.12. The van der Waals surface area contributed by atoms with E-state index >= 15 is 0 Å². The average Bonchev–Trinajstić information content (AvgIpc) is 2.39. The van der Waals surface area contributed by atoms with Gasteiger partial charge in [0.05, 0.1) is 18.2 Å². The molecule has 3 N–H and O–H groups in total. The Morgan fingerprint density at radius 1 is 1.53 bits per heavy atom. The maximum atomic E-state index is 11.5. The molecule has 0 spiro atoms. The summed E-state index contributed by atoms with van der Waals surface area (Å²) in [4.78, 5) is 22.2. The van der Waals surface area contributed by atoms with Crippen LogP contribution in [0.15, 0.2) is 24.3 Å². The molecule has 2 amide bonds. The van der Waals surface area contributed by atoms with Crippen molar-refractivity contribution in [3.63, 3.8) is 0 Å². The number of benzene rings is 1. The fourth-order valence-electron chi connectivity index (χ4n) is 1.30. The Kier molecular flexibility index (Phi) is 5.32. The number of methoxy groups -OCH3 is 1. The van der Waals surface area contributed by atoms with Gasteiger partial charge in [-0.3, -0.25) is 0 Å². The topological polar surface area (TPSA) is 111 Å². The summed E-state index contributed by atoms with van der Waals surface area (Å²) in [6.07, 6.45) is -1.10. The lowest BCUT2D eigenvalue weighted by atomic mass is 10.2. The molecule has 1 unspecified atom stereocenters. The molecule has 0 aromatic heterocycles. The summed E-state index contributed by atoms with van der Waals surface area (Å²) in [6.45, 7) is -0.157. The first-order valence-corrected chi connectivity index (χ1v) is 5.37. The van der Waals surface area contributed by atoms with E-state index in [1.807, 2.05) is 6.07 Å². The normalized spacial score (nSPS) is 11.2. The maximum Gasteiger partial charge on any atom is 0.334 e. The maximum absolute atomic E-state index is 11.5. The van der Waals surface area contributed by atoms with Gasteiger partial charge in [-0.2, -0.15) is 5.26 Å². The fourth-order valence-corrected chi connectivity index (χ4v) is 1.30. The van der Waals surface area contributed by atoms with Crippen LogP contribution in [0.1, 0.15) is 5.56 Å². The number of anilines is 1. The first-order valence-electron chi connectivity index (χ1n) is 5.37. The quantitative estimate of drug-likeness (QED) is 0.726. The van der Waals surface area contributed by atoms with Gasteiger partial charge in [0.25, 0.3) is 0 Å². The zero-order valence-corrected chi connectivity index (χ0v) is 10.2. The largest absolute Gasteiger partial charge is 0.479 e. The lowest BCUT2D eigenvalue weighted by molar-refractivity contribution is -0.147. The van der Waals surface area contributed by atoms with Crippen molar-refractivity contribution in [1.29, 1.82) is 5.26 Å². The van der Waals surface area contributed by atoms with E-state index in [0.717, 1.165) is 0 Å². The third-order valence-corrected chi connectivity index (χ3v) is 2.26. The van der Waals surface area contributed by atoms with Gasteiger partial charge in [0.15, 0.2) is 6.10 Å². The van der Waals surface area contributed by atoms with Crippen LogP contribution in [0, 0.1) is 11.3 Å². The summed E-state index contributed by atoms with van der Waals surface area (Å²) < 4.78 is 4.66. The molecule has 1 atom stereocenters. The lowest BCUT2D eigenvalue weighted by Crippen LogP contribution is -2.39. The van der Waals surface area contributed by atoms with E-state index in [9.17, 15) is 9.59 Å². The molecule has 0 bridgehead atoms. The molecule has 0 aliphatic rings. The first kappa shape index (κ1) is 14.5. The van der Waals surface area contributed by atoms with Crippen molar-refractivity contribution in [2.24, 2.45) is 0 Å². The highest BCUT2D eigenvalue weighted by Gasteiger charge is 2.16. The van der Waals surface area contributed by atoms with Gasteiger partial charge in [0.2, 0.25) is 0 Å². The van der Waals surface area contributed by atoms with Gasteiger partial charge < -0.3 is 20.5 Å². The molecule has 1 aromatic carbocycles. The van der Waals surface area contributed by atoms with Crippen molar-refractivity contribution in [2.75, 3.05) is 19.0 Å². The van der Waals surface area contributed by atoms with Gasteiger partial charge in [-0.15, -0.1) is 0 Å². The molecule has 0 heterocycles. The second kappa shape index (κ2) is 6.98. The number of carbonyl (C=O) groups excluding carboxylic acids is 1. The summed E-state index contributed by atoms with van der Waals surface area (Å²) >= 11 is 0. The second-order valence-electron chi connectivity index (χ2n) is 3.59. The van der Waals surface area contributed by atoms with Crippen molar-refractivity contribution in [2.45, 2.75) is 6.10 Å². The number of ether oxygens (including phenoxy) is 1. The molecular formula is C12H13N3O4. The predicted octanol–water partition coefficient (Wildman–Crippen LogP) is 0.779. The summed E-state index contributed by atoms with van der Waals surface area (Å²) in [5, 5.41) is 22.3. The van der Waals surface area contributed by atoms with Crippen LogP contribution in [-0.2, 0) is 9.53 Å². The zero-order valence-electron chi connectivity index (χ0n) is 10.2. The SMILES string of the molecule is COC(CNC(=O)Nc1cccc(C#N)c1)C(=O)O. The smallest absolute Gasteiger partial charge is 0.334 e. The van der Waals surface area contributed by atoms with E-state index in [-0.39, 0.29) is 6.54 Å². The third-order valence-electron chi connectivity index (χ3n) is 2.26. The van der Waals surface area contributed by atoms with Crippen LogP contribution in [-0.4, -0.2) is 36.9 Å². The van der Waals surface area contributed by atoms with Crippen molar-refractivity contribution < 1.29 is 19.4 Å². The van der Waals surface area contributed by atoms with Crippen LogP contribution in [0.4, 0.5) is 10.5 Å². The molecule has 0 saturated heterocycles. The average molecular weight is 263 g/mol. The van der Waals surface area contributed by atoms with Crippen molar-refractivity contribution in [3.05, 3.63) is 29.8 Å². The minimum Gasteiger partial charge on any atom is -0.479 e. The van der Waals surface area contributed by atoms with Crippen LogP contribution in [0.5, 0.6) is 0 Å². The summed E-state index contributed by atoms with van der Waals surface area (Å²) in [7, 11) is 1.24. The predicted molar refractivity (Wildman–Crippen MR) is 66.6 cm³/mol. The fraction of sp³-hybridized carbons (Fsp3) is 0.250. The third kappa shape index (κ3) is 4.65. The molecule has 1 aromatic rings. The Hall–Kier alpha value is -2.59. The molecule has 0 radical (unpaired) electrons. The minimum atomic E-state index is -1.16. The highest BCUT2D eigenvalue weighted by Crippen LogP contribution is 2.09. The van der Waals surface area contributed by atoms with Crippen LogP contribution in [0.2, 0.25) is 0 Å². The second-order valence-corrected chi connectivity index (χ2v) is 3.59. The Bertz CT molecular complexity index is 510. The number of carbonyl (C=O) groups is 2. The van der Waals surface area contributed by atoms with Crippen LogP contribution in [0.25, 0.3) is 0 Å². The van der Waals surface area contributed by atoms with Gasteiger partial charge in [0.1, 0.15) is 0 Å². The number of carboxylic acid groups (broad SMARTS) is 1. The monoisotopic (exact) mass is 263 g/mol. The van der Waals surface area contributed by atoms with Crippen LogP contribution >= 0.6 is 0 Å². The Labute approximate surface area is 109 Å². The number of hydrogen-bond donors (Lipinski definition) is 3. The summed E-state index contributed by atoms with van der Waals surface area (Å²) in [6, 6.07) is 7.73. The number of hydrogen-bond acceptors (Lipinski definition) is 4. The number of nitriles is 1. The Balaban J connectivity index is 2.51.